The summed E-state index contributed by atoms with van der Waals surface area (Å²) in [4.78, 5) is 10.3. The molecule has 0 radical (unpaired) electrons. The minimum Gasteiger partial charge on any atom is -0.361 e. The fraction of sp³-hybridized carbons (Fsp3) is 0.833. The highest BCUT2D eigenvalue weighted by Crippen LogP contribution is 2.07. The minimum atomic E-state index is -0.984. The van der Waals surface area contributed by atoms with Crippen molar-refractivity contribution in [1.29, 1.82) is 0 Å². The lowest BCUT2D eigenvalue weighted by Crippen LogP contribution is -2.25. The Kier molecular flexibility index (Phi) is 9.58. The largest absolute Gasteiger partial charge is 0.361 e. The molecule has 0 aliphatic carbocycles. The Hall–Kier alpha value is -0.203. The topological polar surface area (TPSA) is 37.2 Å². The molecule has 0 aromatic heterocycles. The number of ether oxygens (including phenoxy) is 1. The van der Waals surface area contributed by atoms with E-state index in [0.717, 1.165) is 24.2 Å². The molecular weight excluding hydrogens is 310 g/mol. The van der Waals surface area contributed by atoms with Crippen molar-refractivity contribution < 1.29 is 4.74 Å². The van der Waals surface area contributed by atoms with Crippen LogP contribution >= 0.6 is 15.9 Å². The molecule has 0 rings (SSSR count). The zero-order chi connectivity index (χ0) is 14.0. The van der Waals surface area contributed by atoms with Gasteiger partial charge in [0.05, 0.1) is 6.34 Å². The smallest absolute Gasteiger partial charge is 0.125 e. The van der Waals surface area contributed by atoms with E-state index in [1.807, 2.05) is 11.9 Å². The van der Waals surface area contributed by atoms with Crippen molar-refractivity contribution in [2.75, 3.05) is 32.8 Å². The van der Waals surface area contributed by atoms with E-state index in [4.69, 9.17) is 4.74 Å². The Balaban J connectivity index is 3.83. The second-order valence-electron chi connectivity index (χ2n) is 5.43. The summed E-state index contributed by atoms with van der Waals surface area (Å²) in [5, 5.41) is 0.882. The maximum absolute atomic E-state index is 5.62. The number of amidine groups is 1. The Morgan fingerprint density at radius 1 is 1.39 bits per heavy atom. The molecule has 0 aromatic rings. The number of rotatable bonds is 8. The van der Waals surface area contributed by atoms with Gasteiger partial charge in [0.1, 0.15) is 12.6 Å². The monoisotopic (exact) mass is 335 g/mol. The van der Waals surface area contributed by atoms with E-state index in [1.165, 1.54) is 6.04 Å². The van der Waals surface area contributed by atoms with Crippen LogP contribution in [-0.4, -0.2) is 57.9 Å². The first kappa shape index (κ1) is 17.8. The Bertz CT molecular complexity index is 277. The maximum atomic E-state index is 5.62. The molecule has 0 N–H and O–H groups in total. The third kappa shape index (κ3) is 10.9. The van der Waals surface area contributed by atoms with Gasteiger partial charge in [0, 0.05) is 40.5 Å². The molecule has 18 heavy (non-hydrogen) atoms. The first-order chi connectivity index (χ1) is 8.39. The molecular formula is C12H26BrN3OSi. The summed E-state index contributed by atoms with van der Waals surface area (Å²) in [7, 11) is 2.74. The number of alkyl halides is 1. The van der Waals surface area contributed by atoms with E-state index in [9.17, 15) is 0 Å². The predicted octanol–water partition coefficient (Wildman–Crippen LogP) is 3.07. The van der Waals surface area contributed by atoms with E-state index in [0.29, 0.717) is 6.73 Å². The van der Waals surface area contributed by atoms with Crippen LogP contribution in [0, 0.1) is 0 Å². The van der Waals surface area contributed by atoms with Gasteiger partial charge in [-0.2, -0.15) is 0 Å². The van der Waals surface area contributed by atoms with Gasteiger partial charge in [-0.05, 0) is 6.04 Å². The zero-order valence-electron chi connectivity index (χ0n) is 12.2. The van der Waals surface area contributed by atoms with Crippen LogP contribution in [0.15, 0.2) is 9.98 Å². The van der Waals surface area contributed by atoms with Crippen LogP contribution in [0.3, 0.4) is 0 Å². The standard InChI is InChI=1S/C12H26BrN3OSi/c1-14-12(6-7-13)15-10-16(2)11-17-8-9-18(3,4)5/h10H,6-9,11H2,1-5H3/b14-12+,15-10-. The summed E-state index contributed by atoms with van der Waals surface area (Å²) < 4.78 is 5.62. The zero-order valence-corrected chi connectivity index (χ0v) is 14.8. The van der Waals surface area contributed by atoms with Crippen LogP contribution < -0.4 is 0 Å². The number of halogens is 1. The molecule has 0 spiro atoms. The summed E-state index contributed by atoms with van der Waals surface area (Å²) in [6.45, 7) is 8.48. The van der Waals surface area contributed by atoms with E-state index < -0.39 is 8.07 Å². The first-order valence-corrected chi connectivity index (χ1v) is 11.1. The van der Waals surface area contributed by atoms with Gasteiger partial charge in [0.2, 0.25) is 0 Å². The highest BCUT2D eigenvalue weighted by Gasteiger charge is 2.11. The van der Waals surface area contributed by atoms with Crippen molar-refractivity contribution in [3.8, 4) is 0 Å². The summed E-state index contributed by atoms with van der Waals surface area (Å²) in [5.74, 6) is 0.848. The van der Waals surface area contributed by atoms with Crippen molar-refractivity contribution in [3.63, 3.8) is 0 Å². The van der Waals surface area contributed by atoms with Crippen molar-refractivity contribution in [1.82, 2.24) is 4.90 Å². The van der Waals surface area contributed by atoms with E-state index in [-0.39, 0.29) is 0 Å². The normalized spacial score (nSPS) is 13.3. The molecule has 0 aliphatic heterocycles. The van der Waals surface area contributed by atoms with Crippen molar-refractivity contribution >= 4 is 36.2 Å². The molecule has 0 aliphatic rings. The molecule has 0 bridgehead atoms. The molecule has 0 amide bonds. The predicted molar refractivity (Wildman–Crippen MR) is 87.0 cm³/mol. The maximum Gasteiger partial charge on any atom is 0.125 e. The SMILES string of the molecule is C/N=C(CCBr)/N=C\N(C)COCC[Si](C)(C)C. The summed E-state index contributed by atoms with van der Waals surface area (Å²) in [5.41, 5.74) is 0. The third-order valence-corrected chi connectivity index (χ3v) is 4.37. The molecule has 0 saturated carbocycles. The lowest BCUT2D eigenvalue weighted by Gasteiger charge is -2.18. The number of hydrogen-bond acceptors (Lipinski definition) is 2. The number of aliphatic imine (C=N–C) groups is 2. The summed E-state index contributed by atoms with van der Waals surface area (Å²) in [6.07, 6.45) is 2.62. The van der Waals surface area contributed by atoms with Gasteiger partial charge in [0.25, 0.3) is 0 Å². The molecule has 106 valence electrons. The molecule has 0 unspecified atom stereocenters. The number of hydrogen-bond donors (Lipinski definition) is 0. The lowest BCUT2D eigenvalue weighted by atomic mass is 10.4. The molecule has 6 heteroatoms. The van der Waals surface area contributed by atoms with Crippen LogP contribution in [0.4, 0.5) is 0 Å². The van der Waals surface area contributed by atoms with Gasteiger partial charge in [-0.1, -0.05) is 35.6 Å². The van der Waals surface area contributed by atoms with Gasteiger partial charge in [-0.15, -0.1) is 0 Å². The minimum absolute atomic E-state index is 0.583. The van der Waals surface area contributed by atoms with Crippen molar-refractivity contribution in [2.45, 2.75) is 32.1 Å². The van der Waals surface area contributed by atoms with Gasteiger partial charge in [-0.25, -0.2) is 4.99 Å². The second-order valence-corrected chi connectivity index (χ2v) is 11.8. The van der Waals surface area contributed by atoms with Crippen LogP contribution in [0.2, 0.25) is 25.7 Å². The van der Waals surface area contributed by atoms with E-state index in [1.54, 1.807) is 13.4 Å². The lowest BCUT2D eigenvalue weighted by molar-refractivity contribution is 0.0874. The quantitative estimate of drug-likeness (QED) is 0.171. The van der Waals surface area contributed by atoms with Crippen LogP contribution in [0.1, 0.15) is 6.42 Å². The average Bonchev–Trinajstić information content (AvgIpc) is 2.29. The van der Waals surface area contributed by atoms with Crippen molar-refractivity contribution in [3.05, 3.63) is 0 Å². The second kappa shape index (κ2) is 9.69. The van der Waals surface area contributed by atoms with E-state index in [2.05, 4.69) is 45.6 Å². The molecule has 0 aromatic carbocycles. The first-order valence-electron chi connectivity index (χ1n) is 6.23. The summed E-state index contributed by atoms with van der Waals surface area (Å²) in [6, 6.07) is 1.20. The molecule has 4 nitrogen and oxygen atoms in total. The van der Waals surface area contributed by atoms with Crippen LogP contribution in [0.25, 0.3) is 0 Å². The third-order valence-electron chi connectivity index (χ3n) is 2.27. The molecule has 0 atom stereocenters. The van der Waals surface area contributed by atoms with Gasteiger partial charge >= 0.3 is 0 Å². The number of nitrogens with zero attached hydrogens (tertiary/aromatic N) is 3. The van der Waals surface area contributed by atoms with Crippen molar-refractivity contribution in [2.24, 2.45) is 9.98 Å². The molecule has 0 heterocycles. The Labute approximate surface area is 121 Å². The van der Waals surface area contributed by atoms with Crippen LogP contribution in [0.5, 0.6) is 0 Å². The Morgan fingerprint density at radius 2 is 2.06 bits per heavy atom. The fourth-order valence-electron chi connectivity index (χ4n) is 1.10. The van der Waals surface area contributed by atoms with Crippen LogP contribution in [-0.2, 0) is 4.74 Å². The summed E-state index contributed by atoms with van der Waals surface area (Å²) >= 11 is 3.38. The van der Waals surface area contributed by atoms with E-state index >= 15 is 0 Å². The fourth-order valence-corrected chi connectivity index (χ4v) is 2.22. The Morgan fingerprint density at radius 3 is 2.56 bits per heavy atom. The van der Waals surface area contributed by atoms with Gasteiger partial charge in [-0.3, -0.25) is 4.99 Å². The average molecular weight is 336 g/mol. The van der Waals surface area contributed by atoms with Gasteiger partial charge in [0.15, 0.2) is 0 Å². The highest BCUT2D eigenvalue weighted by molar-refractivity contribution is 9.09. The van der Waals surface area contributed by atoms with Gasteiger partial charge < -0.3 is 9.64 Å². The highest BCUT2D eigenvalue weighted by atomic mass is 79.9. The molecule has 0 saturated heterocycles. The molecule has 0 fully saturated rings.